The van der Waals surface area contributed by atoms with Gasteiger partial charge in [0, 0.05) is 5.02 Å². The van der Waals surface area contributed by atoms with Gasteiger partial charge in [0.15, 0.2) is 0 Å². The van der Waals surface area contributed by atoms with E-state index in [1.165, 1.54) is 18.2 Å². The first-order valence-corrected chi connectivity index (χ1v) is 14.2. The average molecular weight is 606 g/mol. The highest BCUT2D eigenvalue weighted by Gasteiger charge is 2.66. The second-order valence-electron chi connectivity index (χ2n) is 11.0. The van der Waals surface area contributed by atoms with Crippen molar-refractivity contribution in [3.63, 3.8) is 0 Å². The number of hydrogen-bond acceptors (Lipinski definition) is 7. The summed E-state index contributed by atoms with van der Waals surface area (Å²) in [5, 5.41) is 11.9. The third-order valence-corrected chi connectivity index (χ3v) is 9.76. The zero-order chi connectivity index (χ0) is 28.0. The van der Waals surface area contributed by atoms with Crippen molar-refractivity contribution in [2.24, 2.45) is 23.7 Å². The van der Waals surface area contributed by atoms with Gasteiger partial charge in [-0.2, -0.15) is 0 Å². The molecule has 12 heteroatoms. The minimum atomic E-state index is -1.06. The van der Waals surface area contributed by atoms with Crippen LogP contribution in [0.3, 0.4) is 0 Å². The molecule has 0 radical (unpaired) electrons. The number of epoxide rings is 1. The van der Waals surface area contributed by atoms with E-state index in [9.17, 15) is 24.3 Å². The van der Waals surface area contributed by atoms with Gasteiger partial charge in [0.25, 0.3) is 0 Å². The van der Waals surface area contributed by atoms with Crippen molar-refractivity contribution in [2.75, 3.05) is 9.80 Å². The number of hydrogen-bond donors (Lipinski definition) is 1. The average Bonchev–Trinajstić information content (AvgIpc) is 3.60. The van der Waals surface area contributed by atoms with Crippen molar-refractivity contribution < 1.29 is 33.8 Å². The molecule has 2 saturated carbocycles. The number of carbonyl (C=O) groups excluding carboxylic acids is 4. The van der Waals surface area contributed by atoms with E-state index in [2.05, 4.69) is 0 Å². The molecule has 7 rings (SSSR count). The van der Waals surface area contributed by atoms with Crippen molar-refractivity contribution in [1.82, 2.24) is 0 Å². The molecule has 3 heterocycles. The molecule has 2 aromatic carbocycles. The summed E-state index contributed by atoms with van der Waals surface area (Å²) < 4.78 is 12.2. The van der Waals surface area contributed by atoms with Gasteiger partial charge in [-0.05, 0) is 55.7 Å². The number of imide groups is 2. The summed E-state index contributed by atoms with van der Waals surface area (Å²) in [5.41, 5.74) is 0.654. The Kier molecular flexibility index (Phi) is 6.27. The lowest BCUT2D eigenvalue weighted by Crippen LogP contribution is -2.52. The zero-order valence-corrected chi connectivity index (χ0v) is 23.1. The van der Waals surface area contributed by atoms with Crippen molar-refractivity contribution in [3.8, 4) is 0 Å². The third-order valence-electron chi connectivity index (χ3n) is 8.79. The molecule has 5 fully saturated rings. The smallest absolute Gasteiger partial charge is 0.240 e. The van der Waals surface area contributed by atoms with Gasteiger partial charge >= 0.3 is 0 Å². The Morgan fingerprint density at radius 3 is 2.15 bits per heavy atom. The van der Waals surface area contributed by atoms with Crippen molar-refractivity contribution in [2.45, 2.75) is 49.8 Å². The minimum Gasteiger partial charge on any atom is -0.390 e. The Balaban J connectivity index is 1.19. The molecule has 4 amide bonds. The number of amides is 4. The summed E-state index contributed by atoms with van der Waals surface area (Å²) in [6.45, 7) is 0. The number of aliphatic hydroxyl groups is 1. The lowest BCUT2D eigenvalue weighted by molar-refractivity contribution is -0.167. The summed E-state index contributed by atoms with van der Waals surface area (Å²) in [6, 6.07) is 11.0. The van der Waals surface area contributed by atoms with Crippen LogP contribution in [0.2, 0.25) is 15.1 Å². The third kappa shape index (κ3) is 3.94. The summed E-state index contributed by atoms with van der Waals surface area (Å²) in [6.07, 6.45) is -2.82. The Morgan fingerprint density at radius 2 is 1.45 bits per heavy atom. The molecule has 208 valence electrons. The molecule has 9 nitrogen and oxygen atoms in total. The molecule has 2 aromatic rings. The fraction of sp³-hybridized carbons (Fsp3) is 0.429. The molecule has 2 unspecified atom stereocenters. The summed E-state index contributed by atoms with van der Waals surface area (Å²) >= 11 is 18.3. The Labute approximate surface area is 243 Å². The number of rotatable bonds is 4. The van der Waals surface area contributed by atoms with Crippen LogP contribution in [0.1, 0.15) is 19.3 Å². The van der Waals surface area contributed by atoms with Crippen LogP contribution in [0.25, 0.3) is 0 Å². The molecular formula is C28H23Cl3N2O7. The van der Waals surface area contributed by atoms with Gasteiger partial charge in [-0.3, -0.25) is 19.2 Å². The van der Waals surface area contributed by atoms with E-state index in [4.69, 9.17) is 44.3 Å². The van der Waals surface area contributed by atoms with E-state index in [1.54, 1.807) is 24.3 Å². The number of fused-ring (bicyclic) bond motifs is 3. The van der Waals surface area contributed by atoms with E-state index in [0.717, 1.165) is 9.80 Å². The first kappa shape index (κ1) is 26.4. The summed E-state index contributed by atoms with van der Waals surface area (Å²) in [4.78, 5) is 56.5. The molecule has 0 spiro atoms. The normalized spacial score (nSPS) is 36.5. The van der Waals surface area contributed by atoms with E-state index in [0.29, 0.717) is 34.3 Å². The van der Waals surface area contributed by atoms with Gasteiger partial charge in [0.1, 0.15) is 6.10 Å². The van der Waals surface area contributed by atoms with Crippen molar-refractivity contribution in [3.05, 3.63) is 57.5 Å². The summed E-state index contributed by atoms with van der Waals surface area (Å²) in [5.74, 6) is -4.95. The van der Waals surface area contributed by atoms with Gasteiger partial charge in [-0.25, -0.2) is 9.80 Å². The van der Waals surface area contributed by atoms with E-state index in [-0.39, 0.29) is 23.5 Å². The number of carbonyl (C=O) groups is 4. The van der Waals surface area contributed by atoms with Gasteiger partial charge in [-0.15, -0.1) is 0 Å². The Hall–Kier alpha value is -2.53. The monoisotopic (exact) mass is 604 g/mol. The number of ether oxygens (including phenoxy) is 2. The molecule has 40 heavy (non-hydrogen) atoms. The maximum Gasteiger partial charge on any atom is 0.240 e. The van der Waals surface area contributed by atoms with Gasteiger partial charge in [0.05, 0.1) is 69.5 Å². The van der Waals surface area contributed by atoms with Crippen molar-refractivity contribution >= 4 is 69.8 Å². The van der Waals surface area contributed by atoms with Crippen LogP contribution < -0.4 is 9.80 Å². The zero-order valence-electron chi connectivity index (χ0n) is 20.8. The number of benzene rings is 2. The first-order valence-electron chi connectivity index (χ1n) is 13.1. The van der Waals surface area contributed by atoms with E-state index < -0.39 is 65.8 Å². The molecule has 3 aliphatic heterocycles. The fourth-order valence-corrected chi connectivity index (χ4v) is 7.38. The van der Waals surface area contributed by atoms with Crippen molar-refractivity contribution in [1.29, 1.82) is 0 Å². The SMILES string of the molecule is O=C1[C@H]2C[C@H]3O[C@H]3C(OC3[C@@H](O)CC[C@H]4C(=O)N(c5cccc(Cl)c5)C(=O)[C@@H]34)[C@H]2C(=O)N1c1ccc(Cl)c(Cl)c1. The Morgan fingerprint density at radius 1 is 0.775 bits per heavy atom. The molecule has 9 atom stereocenters. The molecular weight excluding hydrogens is 583 g/mol. The van der Waals surface area contributed by atoms with Gasteiger partial charge < -0.3 is 14.6 Å². The predicted octanol–water partition coefficient (Wildman–Crippen LogP) is 3.64. The van der Waals surface area contributed by atoms with Crippen LogP contribution in [-0.2, 0) is 28.7 Å². The van der Waals surface area contributed by atoms with Crippen LogP contribution >= 0.6 is 34.8 Å². The number of anilines is 2. The number of nitrogens with zero attached hydrogens (tertiary/aromatic N) is 2. The van der Waals surface area contributed by atoms with Crippen LogP contribution in [0.15, 0.2) is 42.5 Å². The molecule has 2 aliphatic carbocycles. The first-order chi connectivity index (χ1) is 19.2. The number of aliphatic hydroxyl groups excluding tert-OH is 1. The Bertz CT molecular complexity index is 1470. The predicted molar refractivity (Wildman–Crippen MR) is 144 cm³/mol. The quantitative estimate of drug-likeness (QED) is 0.418. The highest BCUT2D eigenvalue weighted by Crippen LogP contribution is 2.51. The van der Waals surface area contributed by atoms with E-state index >= 15 is 0 Å². The largest absolute Gasteiger partial charge is 0.390 e. The highest BCUT2D eigenvalue weighted by atomic mass is 35.5. The topological polar surface area (TPSA) is 117 Å². The second-order valence-corrected chi connectivity index (χ2v) is 12.2. The van der Waals surface area contributed by atoms with Gasteiger partial charge in [0.2, 0.25) is 23.6 Å². The van der Waals surface area contributed by atoms with Crippen LogP contribution in [0.5, 0.6) is 0 Å². The maximum atomic E-state index is 13.7. The standard InChI is InChI=1S/C28H23Cl3N2O7/c29-11-2-1-3-12(8-11)32-25(35)14-5-7-18(34)22(20(14)27(32)37)40-24-21-15(10-19-23(24)39-19)26(36)33(28(21)38)13-4-6-16(30)17(31)9-13/h1-4,6,8-9,14-15,18-24,34H,5,7,10H2/t14-,15+,18+,19-,20-,21+,22?,23-,24?/m1/s1. The lowest BCUT2D eigenvalue weighted by Gasteiger charge is -2.39. The molecule has 5 aliphatic rings. The molecule has 1 N–H and O–H groups in total. The molecule has 0 bridgehead atoms. The van der Waals surface area contributed by atoms with Crippen LogP contribution in [0, 0.1) is 23.7 Å². The number of halogens is 3. The molecule has 3 saturated heterocycles. The maximum absolute atomic E-state index is 13.7. The second kappa shape index (κ2) is 9.51. The van der Waals surface area contributed by atoms with Gasteiger partial charge in [-0.1, -0.05) is 40.9 Å². The molecule has 0 aromatic heterocycles. The minimum absolute atomic E-state index is 0.207. The lowest BCUT2D eigenvalue weighted by atomic mass is 9.75. The highest BCUT2D eigenvalue weighted by molar-refractivity contribution is 6.42. The van der Waals surface area contributed by atoms with Crippen LogP contribution in [-0.4, -0.2) is 59.3 Å². The van der Waals surface area contributed by atoms with E-state index in [1.807, 2.05) is 0 Å². The fourth-order valence-electron chi connectivity index (χ4n) is 6.90. The summed E-state index contributed by atoms with van der Waals surface area (Å²) in [7, 11) is 0. The van der Waals surface area contributed by atoms with Crippen LogP contribution in [0.4, 0.5) is 11.4 Å².